The quantitative estimate of drug-likeness (QED) is 0.121. The van der Waals surface area contributed by atoms with E-state index < -0.39 is 45.5 Å². The number of carbonyl (C=O) groups is 2. The Morgan fingerprint density at radius 1 is 0.614 bits per heavy atom. The summed E-state index contributed by atoms with van der Waals surface area (Å²) in [6.45, 7) is 0. The molecule has 17 heteroatoms. The molecule has 0 fully saturated rings. The topological polar surface area (TPSA) is 134 Å². The fraction of sp³-hybridized carbons (Fsp3) is 0.0500. The van der Waals surface area contributed by atoms with E-state index in [-0.39, 0.29) is 0 Å². The SMILES string of the molecule is Cn1nc(-c2ccccn2)cc1-c1ccc(N)s1.Cn1nc(-c2ccccn2)cc1-c1ccc(NC(=O)c2c(F)cccc2F)s1.O=C(Cl)c1c(F)cccc1F. The Labute approximate surface area is 335 Å². The Hall–Kier alpha value is -6.49. The zero-order valence-corrected chi connectivity index (χ0v) is 32.2. The number of thiophene rings is 2. The summed E-state index contributed by atoms with van der Waals surface area (Å²) < 4.78 is 56.2. The zero-order valence-electron chi connectivity index (χ0n) is 29.8. The molecule has 10 nitrogen and oxygen atoms in total. The standard InChI is InChI=1S/C20H14F2N4OS.C13H12N4S.C7H3ClF2O/c1-26-16(11-15(25-26)14-7-2-3-10-23-14)17-8-9-18(28-17)24-20(27)19-12(21)5-4-6-13(19)22;1-17-11(12-5-6-13(14)18-12)8-10(16-17)9-4-2-3-7-15-9;8-7(11)6-4(9)2-1-3-5(6)10/h2-11H,1H3,(H,24,27);2-8H,14H2,1H3;1-3H. The number of carbonyl (C=O) groups excluding carboxylic acids is 2. The van der Waals surface area contributed by atoms with Gasteiger partial charge in [0.2, 0.25) is 0 Å². The van der Waals surface area contributed by atoms with Crippen molar-refractivity contribution in [1.29, 1.82) is 0 Å². The number of anilines is 2. The van der Waals surface area contributed by atoms with Crippen molar-refractivity contribution in [3.05, 3.63) is 156 Å². The number of halogens is 5. The summed E-state index contributed by atoms with van der Waals surface area (Å²) >= 11 is 7.74. The largest absolute Gasteiger partial charge is 0.391 e. The van der Waals surface area contributed by atoms with Crippen LogP contribution in [0.3, 0.4) is 0 Å². The summed E-state index contributed by atoms with van der Waals surface area (Å²) in [6.07, 6.45) is 3.47. The fourth-order valence-corrected chi connectivity index (χ4v) is 7.23. The number of benzene rings is 2. The lowest BCUT2D eigenvalue weighted by Gasteiger charge is -2.04. The third kappa shape index (κ3) is 9.67. The highest BCUT2D eigenvalue weighted by Crippen LogP contribution is 2.34. The van der Waals surface area contributed by atoms with E-state index in [2.05, 4.69) is 25.5 Å². The van der Waals surface area contributed by atoms with Crippen LogP contribution in [0.4, 0.5) is 27.6 Å². The average Bonchev–Trinajstić information content (AvgIpc) is 4.00. The van der Waals surface area contributed by atoms with Crippen LogP contribution in [0.2, 0.25) is 0 Å². The van der Waals surface area contributed by atoms with Gasteiger partial charge in [-0.3, -0.25) is 28.9 Å². The number of aromatic nitrogens is 6. The second-order valence-electron chi connectivity index (χ2n) is 11.8. The van der Waals surface area contributed by atoms with Crippen molar-refractivity contribution >= 4 is 55.4 Å². The molecule has 0 spiro atoms. The first-order valence-corrected chi connectivity index (χ1v) is 18.7. The first kappa shape index (κ1) is 40.2. The van der Waals surface area contributed by atoms with Gasteiger partial charge in [0.25, 0.3) is 11.1 Å². The smallest absolute Gasteiger partial charge is 0.262 e. The maximum atomic E-state index is 13.8. The molecule has 8 rings (SSSR count). The Morgan fingerprint density at radius 2 is 1.09 bits per heavy atom. The van der Waals surface area contributed by atoms with E-state index in [1.165, 1.54) is 17.4 Å². The number of pyridine rings is 2. The molecule has 0 saturated carbocycles. The molecular weight excluding hydrogens is 800 g/mol. The van der Waals surface area contributed by atoms with Gasteiger partial charge in [0.1, 0.15) is 45.8 Å². The van der Waals surface area contributed by atoms with E-state index >= 15 is 0 Å². The number of nitrogens with one attached hydrogen (secondary N) is 1. The highest BCUT2D eigenvalue weighted by atomic mass is 35.5. The van der Waals surface area contributed by atoms with Gasteiger partial charge in [0.05, 0.1) is 42.5 Å². The number of amides is 1. The van der Waals surface area contributed by atoms with Gasteiger partial charge in [-0.2, -0.15) is 10.2 Å². The van der Waals surface area contributed by atoms with E-state index in [0.717, 1.165) is 79.3 Å². The number of nitrogens with zero attached hydrogens (tertiary/aromatic N) is 6. The van der Waals surface area contributed by atoms with Gasteiger partial charge in [-0.05, 0) is 96.5 Å². The van der Waals surface area contributed by atoms with Crippen molar-refractivity contribution in [2.24, 2.45) is 14.1 Å². The molecule has 8 aromatic rings. The Morgan fingerprint density at radius 3 is 1.51 bits per heavy atom. The number of nitrogen functional groups attached to an aromatic ring is 1. The van der Waals surface area contributed by atoms with Gasteiger partial charge in [0.15, 0.2) is 0 Å². The van der Waals surface area contributed by atoms with Crippen molar-refractivity contribution in [3.8, 4) is 43.9 Å². The molecule has 0 atom stereocenters. The molecule has 6 heterocycles. The van der Waals surface area contributed by atoms with Crippen LogP contribution in [0.5, 0.6) is 0 Å². The van der Waals surface area contributed by atoms with Crippen LogP contribution in [0.15, 0.2) is 122 Å². The molecule has 0 aliphatic carbocycles. The Kier molecular flexibility index (Phi) is 12.7. The van der Waals surface area contributed by atoms with Gasteiger partial charge in [-0.1, -0.05) is 24.3 Å². The molecule has 3 N–H and O–H groups in total. The molecule has 288 valence electrons. The minimum absolute atomic E-state index is 0.475. The van der Waals surface area contributed by atoms with Gasteiger partial charge >= 0.3 is 0 Å². The van der Waals surface area contributed by atoms with E-state index in [0.29, 0.717) is 5.00 Å². The highest BCUT2D eigenvalue weighted by Gasteiger charge is 2.19. The minimum atomic E-state index is -1.12. The predicted molar refractivity (Wildman–Crippen MR) is 215 cm³/mol. The zero-order chi connectivity index (χ0) is 40.6. The molecule has 1 amide bonds. The molecule has 0 aliphatic rings. The molecule has 2 aromatic carbocycles. The van der Waals surface area contributed by atoms with Crippen molar-refractivity contribution in [2.75, 3.05) is 11.1 Å². The summed E-state index contributed by atoms with van der Waals surface area (Å²) in [5.41, 5.74) is 9.58. The molecule has 0 unspecified atom stereocenters. The number of nitrogens with two attached hydrogens (primary N) is 1. The summed E-state index contributed by atoms with van der Waals surface area (Å²) in [5, 5.41) is 11.7. The van der Waals surface area contributed by atoms with Crippen LogP contribution < -0.4 is 11.1 Å². The van der Waals surface area contributed by atoms with Crippen molar-refractivity contribution in [3.63, 3.8) is 0 Å². The lowest BCUT2D eigenvalue weighted by molar-refractivity contribution is 0.101. The molecule has 6 aromatic heterocycles. The first-order valence-electron chi connectivity index (χ1n) is 16.7. The summed E-state index contributed by atoms with van der Waals surface area (Å²) in [4.78, 5) is 33.2. The third-order valence-electron chi connectivity index (χ3n) is 7.94. The van der Waals surface area contributed by atoms with E-state index in [4.69, 9.17) is 17.3 Å². The summed E-state index contributed by atoms with van der Waals surface area (Å²) in [6, 6.07) is 29.2. The van der Waals surface area contributed by atoms with Gasteiger partial charge in [-0.25, -0.2) is 17.6 Å². The van der Waals surface area contributed by atoms with Crippen LogP contribution in [-0.2, 0) is 14.1 Å². The number of aryl methyl sites for hydroxylation is 2. The van der Waals surface area contributed by atoms with Crippen LogP contribution in [-0.4, -0.2) is 40.7 Å². The molecule has 0 saturated heterocycles. The summed E-state index contributed by atoms with van der Waals surface area (Å²) in [7, 11) is 3.74. The molecule has 0 aliphatic heterocycles. The van der Waals surface area contributed by atoms with Gasteiger partial charge in [0, 0.05) is 26.5 Å². The third-order valence-corrected chi connectivity index (χ3v) is 10.1. The minimum Gasteiger partial charge on any atom is -0.391 e. The average molecular weight is 829 g/mol. The maximum absolute atomic E-state index is 13.8. The Balaban J connectivity index is 0.000000161. The van der Waals surface area contributed by atoms with Crippen molar-refractivity contribution in [1.82, 2.24) is 29.5 Å². The molecule has 0 radical (unpaired) electrons. The second-order valence-corrected chi connectivity index (χ2v) is 14.3. The monoisotopic (exact) mass is 828 g/mol. The number of hydrogen-bond donors (Lipinski definition) is 2. The lowest BCUT2D eigenvalue weighted by Crippen LogP contribution is -2.14. The molecule has 57 heavy (non-hydrogen) atoms. The van der Waals surface area contributed by atoms with Gasteiger partial charge < -0.3 is 11.1 Å². The highest BCUT2D eigenvalue weighted by molar-refractivity contribution is 7.19. The molecular formula is C40H29ClF4N8O2S2. The normalized spacial score (nSPS) is 10.6. The summed E-state index contributed by atoms with van der Waals surface area (Å²) in [5.74, 6) is -4.51. The second kappa shape index (κ2) is 18.0. The van der Waals surface area contributed by atoms with E-state index in [1.54, 1.807) is 34.5 Å². The van der Waals surface area contributed by atoms with Crippen LogP contribution >= 0.6 is 34.3 Å². The van der Waals surface area contributed by atoms with Crippen LogP contribution in [0, 0.1) is 23.3 Å². The molecule has 0 bridgehead atoms. The van der Waals surface area contributed by atoms with Crippen LogP contribution in [0.1, 0.15) is 20.7 Å². The van der Waals surface area contributed by atoms with Gasteiger partial charge in [-0.15, -0.1) is 22.7 Å². The fourth-order valence-electron chi connectivity index (χ4n) is 5.28. The maximum Gasteiger partial charge on any atom is 0.262 e. The van der Waals surface area contributed by atoms with Crippen molar-refractivity contribution in [2.45, 2.75) is 0 Å². The first-order chi connectivity index (χ1) is 27.4. The Bertz CT molecular complexity index is 2620. The van der Waals surface area contributed by atoms with E-state index in [9.17, 15) is 27.2 Å². The number of hydrogen-bond acceptors (Lipinski definition) is 9. The van der Waals surface area contributed by atoms with Crippen LogP contribution in [0.25, 0.3) is 43.9 Å². The predicted octanol–water partition coefficient (Wildman–Crippen LogP) is 9.88. The lowest BCUT2D eigenvalue weighted by atomic mass is 10.2. The van der Waals surface area contributed by atoms with Crippen molar-refractivity contribution < 1.29 is 27.2 Å². The van der Waals surface area contributed by atoms with E-state index in [1.807, 2.05) is 85.5 Å². The number of rotatable bonds is 7.